The SMILES string of the molecule is Cc1c(C(=O)N2CCCC[C@@H]2COC(=O)N2CCOCC2)sc2nccn12. The third kappa shape index (κ3) is 3.66. The molecule has 0 spiro atoms. The van der Waals surface area contributed by atoms with Gasteiger partial charge in [-0.3, -0.25) is 9.20 Å². The summed E-state index contributed by atoms with van der Waals surface area (Å²) in [5.41, 5.74) is 0.909. The fraction of sp³-hybridized carbons (Fsp3) is 0.611. The number of fused-ring (bicyclic) bond motifs is 1. The molecule has 27 heavy (non-hydrogen) atoms. The summed E-state index contributed by atoms with van der Waals surface area (Å²) in [6, 6.07) is -0.0786. The average molecular weight is 392 g/mol. The molecule has 0 saturated carbocycles. The summed E-state index contributed by atoms with van der Waals surface area (Å²) in [6.07, 6.45) is 6.15. The number of thiazole rings is 1. The summed E-state index contributed by atoms with van der Waals surface area (Å²) in [5, 5.41) is 0. The summed E-state index contributed by atoms with van der Waals surface area (Å²) in [6.45, 7) is 5.07. The molecule has 0 radical (unpaired) electrons. The molecular formula is C18H24N4O4S. The lowest BCUT2D eigenvalue weighted by Crippen LogP contribution is -2.48. The number of rotatable bonds is 3. The van der Waals surface area contributed by atoms with Crippen LogP contribution in [-0.2, 0) is 9.47 Å². The van der Waals surface area contributed by atoms with Crippen LogP contribution in [0.25, 0.3) is 4.96 Å². The van der Waals surface area contributed by atoms with Gasteiger partial charge in [-0.15, -0.1) is 0 Å². The number of amides is 2. The van der Waals surface area contributed by atoms with Gasteiger partial charge in [0, 0.05) is 37.7 Å². The maximum atomic E-state index is 13.2. The topological polar surface area (TPSA) is 76.4 Å². The molecular weight excluding hydrogens is 368 g/mol. The smallest absolute Gasteiger partial charge is 0.409 e. The second-order valence-electron chi connectivity index (χ2n) is 6.92. The molecule has 2 aromatic rings. The zero-order valence-electron chi connectivity index (χ0n) is 15.4. The van der Waals surface area contributed by atoms with Crippen LogP contribution in [0.15, 0.2) is 12.4 Å². The van der Waals surface area contributed by atoms with Crippen LogP contribution in [0, 0.1) is 6.92 Å². The molecule has 2 amide bonds. The largest absolute Gasteiger partial charge is 0.447 e. The Hall–Kier alpha value is -2.13. The van der Waals surface area contributed by atoms with E-state index in [0.29, 0.717) is 37.7 Å². The average Bonchev–Trinajstić information content (AvgIpc) is 3.29. The van der Waals surface area contributed by atoms with Gasteiger partial charge in [-0.25, -0.2) is 9.78 Å². The molecule has 9 heteroatoms. The Bertz CT molecular complexity index is 827. The van der Waals surface area contributed by atoms with Crippen molar-refractivity contribution in [1.82, 2.24) is 19.2 Å². The van der Waals surface area contributed by atoms with E-state index in [1.807, 2.05) is 22.4 Å². The zero-order chi connectivity index (χ0) is 18.8. The number of carbonyl (C=O) groups excluding carboxylic acids is 2. The highest BCUT2D eigenvalue weighted by Gasteiger charge is 2.31. The van der Waals surface area contributed by atoms with Gasteiger partial charge in [0.1, 0.15) is 11.5 Å². The first-order chi connectivity index (χ1) is 13.1. The van der Waals surface area contributed by atoms with Gasteiger partial charge < -0.3 is 19.3 Å². The Kier molecular flexibility index (Phi) is 5.31. The van der Waals surface area contributed by atoms with Crippen LogP contribution >= 0.6 is 11.3 Å². The van der Waals surface area contributed by atoms with E-state index in [-0.39, 0.29) is 24.6 Å². The van der Waals surface area contributed by atoms with E-state index in [1.165, 1.54) is 11.3 Å². The van der Waals surface area contributed by atoms with Crippen molar-refractivity contribution in [3.63, 3.8) is 0 Å². The van der Waals surface area contributed by atoms with Crippen molar-refractivity contribution in [2.75, 3.05) is 39.5 Å². The minimum absolute atomic E-state index is 0.00937. The van der Waals surface area contributed by atoms with Crippen LogP contribution in [-0.4, -0.2) is 76.7 Å². The van der Waals surface area contributed by atoms with Gasteiger partial charge in [0.25, 0.3) is 5.91 Å². The van der Waals surface area contributed by atoms with Crippen LogP contribution < -0.4 is 0 Å². The minimum atomic E-state index is -0.318. The molecule has 0 unspecified atom stereocenters. The minimum Gasteiger partial charge on any atom is -0.447 e. The summed E-state index contributed by atoms with van der Waals surface area (Å²) in [5.74, 6) is 0.00937. The van der Waals surface area contributed by atoms with E-state index < -0.39 is 0 Å². The Morgan fingerprint density at radius 2 is 2.11 bits per heavy atom. The molecule has 0 N–H and O–H groups in total. The number of carbonyl (C=O) groups is 2. The molecule has 4 heterocycles. The number of aromatic nitrogens is 2. The molecule has 2 saturated heterocycles. The third-order valence-corrected chi connectivity index (χ3v) is 6.40. The summed E-state index contributed by atoms with van der Waals surface area (Å²) in [4.78, 5) is 34.8. The van der Waals surface area contributed by atoms with Gasteiger partial charge in [0.05, 0.1) is 19.3 Å². The highest BCUT2D eigenvalue weighted by atomic mass is 32.1. The lowest BCUT2D eigenvalue weighted by atomic mass is 10.0. The summed E-state index contributed by atoms with van der Waals surface area (Å²) >= 11 is 1.41. The Morgan fingerprint density at radius 3 is 2.89 bits per heavy atom. The van der Waals surface area contributed by atoms with E-state index in [0.717, 1.165) is 29.9 Å². The van der Waals surface area contributed by atoms with Gasteiger partial charge in [0.2, 0.25) is 0 Å². The number of piperidine rings is 1. The van der Waals surface area contributed by atoms with Gasteiger partial charge in [-0.05, 0) is 26.2 Å². The molecule has 2 aliphatic heterocycles. The summed E-state index contributed by atoms with van der Waals surface area (Å²) in [7, 11) is 0. The van der Waals surface area contributed by atoms with E-state index in [1.54, 1.807) is 11.1 Å². The zero-order valence-corrected chi connectivity index (χ0v) is 16.2. The maximum absolute atomic E-state index is 13.2. The van der Waals surface area contributed by atoms with Crippen LogP contribution in [0.4, 0.5) is 4.79 Å². The van der Waals surface area contributed by atoms with Crippen molar-refractivity contribution in [2.24, 2.45) is 0 Å². The van der Waals surface area contributed by atoms with Crippen molar-refractivity contribution in [1.29, 1.82) is 0 Å². The monoisotopic (exact) mass is 392 g/mol. The van der Waals surface area contributed by atoms with E-state index in [2.05, 4.69) is 4.98 Å². The maximum Gasteiger partial charge on any atom is 0.409 e. The van der Waals surface area contributed by atoms with Crippen molar-refractivity contribution >= 4 is 28.3 Å². The predicted octanol–water partition coefficient (Wildman–Crippen LogP) is 2.17. The van der Waals surface area contributed by atoms with Crippen LogP contribution in [0.3, 0.4) is 0 Å². The van der Waals surface area contributed by atoms with Crippen LogP contribution in [0.1, 0.15) is 34.6 Å². The first-order valence-electron chi connectivity index (χ1n) is 9.38. The number of likely N-dealkylation sites (tertiary alicyclic amines) is 1. The molecule has 2 aliphatic rings. The van der Waals surface area contributed by atoms with E-state index in [9.17, 15) is 9.59 Å². The normalized spacial score (nSPS) is 20.9. The molecule has 0 aliphatic carbocycles. The Balaban J connectivity index is 1.43. The number of morpholine rings is 1. The number of hydrogen-bond donors (Lipinski definition) is 0. The molecule has 4 rings (SSSR count). The van der Waals surface area contributed by atoms with E-state index >= 15 is 0 Å². The van der Waals surface area contributed by atoms with Crippen LogP contribution in [0.2, 0.25) is 0 Å². The first-order valence-corrected chi connectivity index (χ1v) is 10.2. The van der Waals surface area contributed by atoms with E-state index in [4.69, 9.17) is 9.47 Å². The van der Waals surface area contributed by atoms with Crippen molar-refractivity contribution in [2.45, 2.75) is 32.2 Å². The molecule has 2 aromatic heterocycles. The van der Waals surface area contributed by atoms with Crippen LogP contribution in [0.5, 0.6) is 0 Å². The standard InChI is InChI=1S/C18H24N4O4S/c1-13-15(27-17-19-5-7-21(13)17)16(23)22-6-3-2-4-14(22)12-26-18(24)20-8-10-25-11-9-20/h5,7,14H,2-4,6,8-12H2,1H3/t14-/m1/s1. The second kappa shape index (κ2) is 7.85. The molecule has 1 atom stereocenters. The number of aryl methyl sites for hydroxylation is 1. The number of nitrogens with zero attached hydrogens (tertiary/aromatic N) is 4. The molecule has 2 fully saturated rings. The quantitative estimate of drug-likeness (QED) is 0.800. The Labute approximate surface area is 161 Å². The predicted molar refractivity (Wildman–Crippen MR) is 100 cm³/mol. The molecule has 8 nitrogen and oxygen atoms in total. The number of imidazole rings is 1. The third-order valence-electron chi connectivity index (χ3n) is 5.24. The lowest BCUT2D eigenvalue weighted by Gasteiger charge is -2.35. The molecule has 0 aromatic carbocycles. The first kappa shape index (κ1) is 18.2. The number of ether oxygens (including phenoxy) is 2. The van der Waals surface area contributed by atoms with Gasteiger partial charge in [-0.1, -0.05) is 11.3 Å². The fourth-order valence-electron chi connectivity index (χ4n) is 3.67. The lowest BCUT2D eigenvalue weighted by molar-refractivity contribution is 0.0131. The molecule has 0 bridgehead atoms. The highest BCUT2D eigenvalue weighted by molar-refractivity contribution is 7.19. The van der Waals surface area contributed by atoms with Crippen molar-refractivity contribution in [3.05, 3.63) is 23.0 Å². The highest BCUT2D eigenvalue weighted by Crippen LogP contribution is 2.27. The van der Waals surface area contributed by atoms with Crippen molar-refractivity contribution in [3.8, 4) is 0 Å². The fourth-order valence-corrected chi connectivity index (χ4v) is 4.71. The van der Waals surface area contributed by atoms with Gasteiger partial charge in [-0.2, -0.15) is 0 Å². The van der Waals surface area contributed by atoms with Gasteiger partial charge >= 0.3 is 6.09 Å². The van der Waals surface area contributed by atoms with Gasteiger partial charge in [0.15, 0.2) is 4.96 Å². The Morgan fingerprint density at radius 1 is 1.30 bits per heavy atom. The van der Waals surface area contributed by atoms with Crippen molar-refractivity contribution < 1.29 is 19.1 Å². The number of hydrogen-bond acceptors (Lipinski definition) is 6. The second-order valence-corrected chi connectivity index (χ2v) is 7.90. The summed E-state index contributed by atoms with van der Waals surface area (Å²) < 4.78 is 12.7. The molecule has 146 valence electrons.